The minimum atomic E-state index is -0.476. The highest BCUT2D eigenvalue weighted by Crippen LogP contribution is 2.47. The number of hydrogen-bond donors (Lipinski definition) is 0. The molecule has 4 aromatic rings. The molecule has 10 heteroatoms. The van der Waals surface area contributed by atoms with Gasteiger partial charge >= 0.3 is 6.09 Å². The minimum absolute atomic E-state index is 0.0955. The van der Waals surface area contributed by atoms with E-state index in [1.807, 2.05) is 67.2 Å². The van der Waals surface area contributed by atoms with Gasteiger partial charge in [0.1, 0.15) is 11.1 Å². The highest BCUT2D eigenvalue weighted by atomic mass is 32.1. The van der Waals surface area contributed by atoms with E-state index in [1.165, 1.54) is 5.00 Å². The number of carbonyl (C=O) groups is 1. The van der Waals surface area contributed by atoms with Crippen LogP contribution in [0, 0.1) is 13.8 Å². The highest BCUT2D eigenvalue weighted by Gasteiger charge is 2.54. The molecule has 178 valence electrons. The first-order chi connectivity index (χ1) is 16.1. The number of aromatic nitrogens is 5. The lowest BCUT2D eigenvalue weighted by Crippen LogP contribution is -2.57. The molecule has 2 fully saturated rings. The number of amides is 1. The summed E-state index contributed by atoms with van der Waals surface area (Å²) in [6.45, 7) is 12.1. The van der Waals surface area contributed by atoms with E-state index >= 15 is 0 Å². The van der Waals surface area contributed by atoms with Crippen molar-refractivity contribution in [3.8, 4) is 5.82 Å². The van der Waals surface area contributed by atoms with Crippen LogP contribution in [0.5, 0.6) is 0 Å². The Morgan fingerprint density at radius 3 is 2.62 bits per heavy atom. The van der Waals surface area contributed by atoms with Crippen LogP contribution in [0.2, 0.25) is 0 Å². The van der Waals surface area contributed by atoms with Gasteiger partial charge in [-0.2, -0.15) is 5.10 Å². The zero-order chi connectivity index (χ0) is 23.8. The molecule has 2 aliphatic rings. The van der Waals surface area contributed by atoms with Crippen molar-refractivity contribution in [1.82, 2.24) is 29.3 Å². The lowest BCUT2D eigenvalue weighted by atomic mass is 10.1. The van der Waals surface area contributed by atoms with Crippen molar-refractivity contribution in [2.45, 2.75) is 58.6 Å². The summed E-state index contributed by atoms with van der Waals surface area (Å²) in [5.74, 6) is 0.773. The Morgan fingerprint density at radius 1 is 1.12 bits per heavy atom. The average Bonchev–Trinajstić information content (AvgIpc) is 3.08. The fourth-order valence-electron chi connectivity index (χ4n) is 4.76. The molecule has 1 saturated heterocycles. The summed E-state index contributed by atoms with van der Waals surface area (Å²) in [6.07, 6.45) is 5.84. The number of thiophene rings is 1. The zero-order valence-corrected chi connectivity index (χ0v) is 21.0. The normalized spacial score (nSPS) is 17.8. The number of anilines is 1. The van der Waals surface area contributed by atoms with E-state index < -0.39 is 5.60 Å². The zero-order valence-electron chi connectivity index (χ0n) is 20.2. The molecule has 1 amide bonds. The molecule has 34 heavy (non-hydrogen) atoms. The maximum atomic E-state index is 12.8. The van der Waals surface area contributed by atoms with E-state index in [1.54, 1.807) is 11.3 Å². The molecule has 0 N–H and O–H groups in total. The van der Waals surface area contributed by atoms with E-state index in [4.69, 9.17) is 14.9 Å². The molecule has 1 aliphatic heterocycles. The van der Waals surface area contributed by atoms with E-state index in [0.717, 1.165) is 58.9 Å². The minimum Gasteiger partial charge on any atom is -0.444 e. The SMILES string of the molecule is Cc1cn2nc(-n3cc4sc(N5CCN(C(=O)OC(C)(C)C)C6(CC6)C5)cc4n3)cc(C)c2n1. The molecule has 0 atom stereocenters. The Balaban J connectivity index is 1.23. The van der Waals surface area contributed by atoms with Crippen molar-refractivity contribution < 1.29 is 9.53 Å². The van der Waals surface area contributed by atoms with E-state index in [2.05, 4.69) is 16.0 Å². The molecule has 0 radical (unpaired) electrons. The Labute approximate surface area is 201 Å². The quantitative estimate of drug-likeness (QED) is 0.426. The summed E-state index contributed by atoms with van der Waals surface area (Å²) in [4.78, 5) is 21.6. The van der Waals surface area contributed by atoms with Gasteiger partial charge in [0.2, 0.25) is 0 Å². The van der Waals surface area contributed by atoms with Crippen LogP contribution in [0.15, 0.2) is 24.5 Å². The molecule has 6 rings (SSSR count). The molecule has 1 saturated carbocycles. The first-order valence-corrected chi connectivity index (χ1v) is 12.5. The maximum Gasteiger partial charge on any atom is 0.410 e. The summed E-state index contributed by atoms with van der Waals surface area (Å²) < 4.78 is 10.5. The van der Waals surface area contributed by atoms with Crippen molar-refractivity contribution in [1.29, 1.82) is 0 Å². The van der Waals surface area contributed by atoms with Gasteiger partial charge in [-0.05, 0) is 59.1 Å². The van der Waals surface area contributed by atoms with E-state index in [-0.39, 0.29) is 11.6 Å². The van der Waals surface area contributed by atoms with Gasteiger partial charge < -0.3 is 9.64 Å². The van der Waals surface area contributed by atoms with Crippen molar-refractivity contribution in [3.63, 3.8) is 0 Å². The van der Waals surface area contributed by atoms with Crippen LogP contribution < -0.4 is 4.90 Å². The van der Waals surface area contributed by atoms with Gasteiger partial charge in [0.15, 0.2) is 11.5 Å². The summed E-state index contributed by atoms with van der Waals surface area (Å²) in [5.41, 5.74) is 3.27. The second kappa shape index (κ2) is 7.18. The van der Waals surface area contributed by atoms with Crippen LogP contribution in [0.25, 0.3) is 21.7 Å². The van der Waals surface area contributed by atoms with Gasteiger partial charge in [0, 0.05) is 25.7 Å². The number of rotatable bonds is 2. The van der Waals surface area contributed by atoms with Crippen molar-refractivity contribution in [3.05, 3.63) is 35.8 Å². The van der Waals surface area contributed by atoms with Crippen LogP contribution in [0.1, 0.15) is 44.9 Å². The summed E-state index contributed by atoms with van der Waals surface area (Å²) >= 11 is 1.74. The molecule has 9 nitrogen and oxygen atoms in total. The summed E-state index contributed by atoms with van der Waals surface area (Å²) in [5, 5.41) is 10.7. The fraction of sp³-hybridized carbons (Fsp3) is 0.500. The number of carbonyl (C=O) groups excluding carboxylic acids is 1. The van der Waals surface area contributed by atoms with Crippen LogP contribution in [-0.2, 0) is 4.74 Å². The van der Waals surface area contributed by atoms with Gasteiger partial charge in [-0.3, -0.25) is 4.90 Å². The molecule has 0 aromatic carbocycles. The van der Waals surface area contributed by atoms with Crippen LogP contribution in [0.3, 0.4) is 0 Å². The van der Waals surface area contributed by atoms with Gasteiger partial charge in [-0.15, -0.1) is 16.4 Å². The molecular weight excluding hydrogens is 450 g/mol. The first kappa shape index (κ1) is 21.4. The molecule has 1 aliphatic carbocycles. The first-order valence-electron chi connectivity index (χ1n) is 11.7. The number of nitrogens with zero attached hydrogens (tertiary/aromatic N) is 7. The molecule has 0 unspecified atom stereocenters. The third kappa shape index (κ3) is 3.60. The predicted molar refractivity (Wildman–Crippen MR) is 132 cm³/mol. The molecule has 0 bridgehead atoms. The number of hydrogen-bond acceptors (Lipinski definition) is 7. The number of ether oxygens (including phenoxy) is 1. The average molecular weight is 480 g/mol. The Hall–Kier alpha value is -3.14. The third-order valence-electron chi connectivity index (χ3n) is 6.54. The van der Waals surface area contributed by atoms with Crippen molar-refractivity contribution >= 4 is 38.3 Å². The van der Waals surface area contributed by atoms with Crippen LogP contribution in [-0.4, -0.2) is 66.1 Å². The van der Waals surface area contributed by atoms with E-state index in [9.17, 15) is 4.79 Å². The number of piperazine rings is 1. The summed E-state index contributed by atoms with van der Waals surface area (Å²) in [6, 6.07) is 4.18. The molecule has 1 spiro atoms. The largest absolute Gasteiger partial charge is 0.444 e. The predicted octanol–water partition coefficient (Wildman–Crippen LogP) is 4.34. The second-order valence-electron chi connectivity index (χ2n) is 10.5. The Kier molecular flexibility index (Phi) is 4.52. The fourth-order valence-corrected chi connectivity index (χ4v) is 5.80. The van der Waals surface area contributed by atoms with Gasteiger partial charge in [-0.25, -0.2) is 19.0 Å². The van der Waals surface area contributed by atoms with E-state index in [0.29, 0.717) is 6.54 Å². The maximum absolute atomic E-state index is 12.8. The van der Waals surface area contributed by atoms with Crippen molar-refractivity contribution in [2.75, 3.05) is 24.5 Å². The Morgan fingerprint density at radius 2 is 1.91 bits per heavy atom. The van der Waals surface area contributed by atoms with Gasteiger partial charge in [0.05, 0.1) is 33.3 Å². The smallest absolute Gasteiger partial charge is 0.410 e. The van der Waals surface area contributed by atoms with Gasteiger partial charge in [-0.1, -0.05) is 0 Å². The van der Waals surface area contributed by atoms with Crippen LogP contribution >= 0.6 is 11.3 Å². The third-order valence-corrected chi connectivity index (χ3v) is 7.66. The standard InChI is InChI=1S/C24H29N7O2S/c1-15-10-19(27-31-12-16(2)25-21(15)31)30-13-18-17(26-30)11-20(34-18)28-8-9-29(24(14-28)6-7-24)22(32)33-23(3,4)5/h10-13H,6-9,14H2,1-5H3. The second-order valence-corrected chi connectivity index (χ2v) is 11.6. The molecule has 5 heterocycles. The van der Waals surface area contributed by atoms with Crippen molar-refractivity contribution in [2.24, 2.45) is 0 Å². The Bertz CT molecular complexity index is 1390. The number of fused-ring (bicyclic) bond motifs is 2. The number of aryl methyl sites for hydroxylation is 2. The topological polar surface area (TPSA) is 80.8 Å². The van der Waals surface area contributed by atoms with Crippen LogP contribution in [0.4, 0.5) is 9.80 Å². The van der Waals surface area contributed by atoms with Gasteiger partial charge in [0.25, 0.3) is 0 Å². The monoisotopic (exact) mass is 479 g/mol. The summed E-state index contributed by atoms with van der Waals surface area (Å²) in [7, 11) is 0. The number of imidazole rings is 1. The lowest BCUT2D eigenvalue weighted by Gasteiger charge is -2.42. The molecule has 4 aromatic heterocycles. The lowest BCUT2D eigenvalue weighted by molar-refractivity contribution is 0.0107. The highest BCUT2D eigenvalue weighted by molar-refractivity contribution is 7.22. The molecular formula is C24H29N7O2S.